The Morgan fingerprint density at radius 1 is 0.840 bits per heavy atom. The highest BCUT2D eigenvalue weighted by Crippen LogP contribution is 2.22. The third-order valence-electron chi connectivity index (χ3n) is 4.49. The summed E-state index contributed by atoms with van der Waals surface area (Å²) in [5.74, 6) is 0. The molecule has 1 aliphatic heterocycles. The fourth-order valence-electron chi connectivity index (χ4n) is 3.15. The van der Waals surface area contributed by atoms with Crippen LogP contribution in [0.5, 0.6) is 0 Å². The number of aromatic amines is 2. The lowest BCUT2D eigenvalue weighted by Crippen LogP contribution is -2.48. The van der Waals surface area contributed by atoms with Crippen molar-refractivity contribution >= 4 is 26.7 Å². The first-order valence-corrected chi connectivity index (χ1v) is 9.50. The second-order valence-electron chi connectivity index (χ2n) is 6.01. The molecule has 1 saturated heterocycles. The zero-order chi connectivity index (χ0) is 17.4. The van der Waals surface area contributed by atoms with Gasteiger partial charge in [-0.3, -0.25) is 0 Å². The first kappa shape index (κ1) is 15.9. The zero-order valence-electron chi connectivity index (χ0n) is 13.5. The summed E-state index contributed by atoms with van der Waals surface area (Å²) in [4.78, 5) is 18.9. The van der Waals surface area contributed by atoms with E-state index in [-0.39, 0.29) is 10.6 Å². The Labute approximate surface area is 144 Å². The summed E-state index contributed by atoms with van der Waals surface area (Å²) >= 11 is 0. The summed E-state index contributed by atoms with van der Waals surface area (Å²) in [7, 11) is -3.58. The van der Waals surface area contributed by atoms with Crippen molar-refractivity contribution in [1.29, 1.82) is 0 Å². The highest BCUT2D eigenvalue weighted by atomic mass is 32.2. The largest absolute Gasteiger partial charge is 0.369 e. The summed E-state index contributed by atoms with van der Waals surface area (Å²) in [5.41, 5.74) is 1.85. The molecule has 0 radical (unpaired) electrons. The molecule has 0 aliphatic carbocycles. The van der Waals surface area contributed by atoms with E-state index in [4.69, 9.17) is 0 Å². The highest BCUT2D eigenvalue weighted by molar-refractivity contribution is 7.89. The molecule has 0 bridgehead atoms. The van der Waals surface area contributed by atoms with E-state index in [1.165, 1.54) is 16.4 Å². The minimum absolute atomic E-state index is 0.198. The van der Waals surface area contributed by atoms with E-state index in [0.29, 0.717) is 37.2 Å². The number of rotatable bonds is 3. The summed E-state index contributed by atoms with van der Waals surface area (Å²) in [5, 5.41) is 0. The molecule has 4 rings (SSSR count). The normalized spacial score (nSPS) is 16.4. The van der Waals surface area contributed by atoms with Gasteiger partial charge in [0.25, 0.3) is 0 Å². The van der Waals surface area contributed by atoms with Crippen LogP contribution >= 0.6 is 0 Å². The van der Waals surface area contributed by atoms with Crippen molar-refractivity contribution in [3.05, 3.63) is 59.0 Å². The Morgan fingerprint density at radius 2 is 1.52 bits per heavy atom. The number of piperazine rings is 1. The van der Waals surface area contributed by atoms with E-state index in [1.54, 1.807) is 6.07 Å². The lowest BCUT2D eigenvalue weighted by atomic mass is 10.2. The van der Waals surface area contributed by atoms with E-state index in [9.17, 15) is 13.2 Å². The number of fused-ring (bicyclic) bond motifs is 1. The van der Waals surface area contributed by atoms with Gasteiger partial charge < -0.3 is 14.9 Å². The molecule has 0 unspecified atom stereocenters. The average molecular weight is 358 g/mol. The third kappa shape index (κ3) is 2.94. The van der Waals surface area contributed by atoms with Crippen LogP contribution in [-0.4, -0.2) is 48.9 Å². The molecule has 3 aromatic rings. The van der Waals surface area contributed by atoms with Gasteiger partial charge in [0, 0.05) is 31.9 Å². The van der Waals surface area contributed by atoms with Gasteiger partial charge in [-0.2, -0.15) is 4.31 Å². The van der Waals surface area contributed by atoms with Crippen molar-refractivity contribution in [1.82, 2.24) is 14.3 Å². The molecule has 2 aromatic carbocycles. The van der Waals surface area contributed by atoms with Gasteiger partial charge in [0.1, 0.15) is 0 Å². The number of H-pyrrole nitrogens is 2. The van der Waals surface area contributed by atoms with Crippen LogP contribution in [0.25, 0.3) is 11.0 Å². The molecule has 1 aliphatic rings. The fraction of sp³-hybridized carbons (Fsp3) is 0.235. The first-order valence-electron chi connectivity index (χ1n) is 8.06. The number of aromatic nitrogens is 2. The van der Waals surface area contributed by atoms with Crippen LogP contribution in [0.15, 0.2) is 58.2 Å². The zero-order valence-corrected chi connectivity index (χ0v) is 14.3. The maximum Gasteiger partial charge on any atom is 0.323 e. The lowest BCUT2D eigenvalue weighted by Gasteiger charge is -2.35. The van der Waals surface area contributed by atoms with E-state index in [1.807, 2.05) is 30.3 Å². The predicted octanol–water partition coefficient (Wildman–Crippen LogP) is 1.37. The van der Waals surface area contributed by atoms with Crippen LogP contribution in [0.4, 0.5) is 5.69 Å². The number of hydrogen-bond acceptors (Lipinski definition) is 4. The van der Waals surface area contributed by atoms with Gasteiger partial charge in [0.15, 0.2) is 0 Å². The highest BCUT2D eigenvalue weighted by Gasteiger charge is 2.28. The van der Waals surface area contributed by atoms with Crippen molar-refractivity contribution < 1.29 is 8.42 Å². The number of anilines is 1. The topological polar surface area (TPSA) is 89.3 Å². The second-order valence-corrected chi connectivity index (χ2v) is 7.95. The van der Waals surface area contributed by atoms with Crippen molar-refractivity contribution in [3.8, 4) is 0 Å². The summed E-state index contributed by atoms with van der Waals surface area (Å²) in [6.45, 7) is 2.15. The van der Waals surface area contributed by atoms with Gasteiger partial charge in [0.05, 0.1) is 15.9 Å². The van der Waals surface area contributed by atoms with Crippen molar-refractivity contribution in [2.24, 2.45) is 0 Å². The van der Waals surface area contributed by atoms with E-state index < -0.39 is 10.0 Å². The molecule has 0 atom stereocenters. The molecule has 130 valence electrons. The summed E-state index contributed by atoms with van der Waals surface area (Å²) < 4.78 is 27.3. The Bertz CT molecular complexity index is 1050. The predicted molar refractivity (Wildman–Crippen MR) is 96.3 cm³/mol. The summed E-state index contributed by atoms with van der Waals surface area (Å²) in [6, 6.07) is 14.6. The van der Waals surface area contributed by atoms with E-state index >= 15 is 0 Å². The summed E-state index contributed by atoms with van der Waals surface area (Å²) in [6.07, 6.45) is 0. The first-order chi connectivity index (χ1) is 12.0. The number of imidazole rings is 1. The number of nitrogens with one attached hydrogen (secondary N) is 2. The quantitative estimate of drug-likeness (QED) is 0.740. The third-order valence-corrected chi connectivity index (χ3v) is 6.38. The molecule has 0 saturated carbocycles. The molecule has 0 amide bonds. The standard InChI is InChI=1S/C17H18N4O3S/c22-17-18-15-7-6-14(12-16(15)19-17)25(23,24)21-10-8-20(9-11-21)13-4-2-1-3-5-13/h1-7,12H,8-11H2,(H2,18,19,22). The molecule has 7 nitrogen and oxygen atoms in total. The average Bonchev–Trinajstić information content (AvgIpc) is 3.02. The molecule has 1 fully saturated rings. The Hall–Kier alpha value is -2.58. The van der Waals surface area contributed by atoms with Crippen LogP contribution in [0.3, 0.4) is 0 Å². The SMILES string of the molecule is O=c1[nH]c2ccc(S(=O)(=O)N3CCN(c4ccccc4)CC3)cc2[nH]1. The smallest absolute Gasteiger partial charge is 0.323 e. The minimum atomic E-state index is -3.58. The number of para-hydroxylation sites is 1. The number of nitrogens with zero attached hydrogens (tertiary/aromatic N) is 2. The monoisotopic (exact) mass is 358 g/mol. The van der Waals surface area contributed by atoms with E-state index in [0.717, 1.165) is 5.69 Å². The second kappa shape index (κ2) is 6.05. The number of sulfonamides is 1. The van der Waals surface area contributed by atoms with Gasteiger partial charge in [0.2, 0.25) is 10.0 Å². The van der Waals surface area contributed by atoms with E-state index in [2.05, 4.69) is 14.9 Å². The van der Waals surface area contributed by atoms with Crippen molar-refractivity contribution in [2.75, 3.05) is 31.1 Å². The molecule has 0 spiro atoms. The molecule has 8 heteroatoms. The maximum atomic E-state index is 12.9. The lowest BCUT2D eigenvalue weighted by molar-refractivity contribution is 0.385. The van der Waals surface area contributed by atoms with Crippen LogP contribution in [-0.2, 0) is 10.0 Å². The number of benzene rings is 2. The molecule has 1 aromatic heterocycles. The van der Waals surface area contributed by atoms with Gasteiger partial charge >= 0.3 is 5.69 Å². The van der Waals surface area contributed by atoms with Crippen LogP contribution in [0.1, 0.15) is 0 Å². The van der Waals surface area contributed by atoms with Gasteiger partial charge in [-0.15, -0.1) is 0 Å². The maximum absolute atomic E-state index is 12.9. The van der Waals surface area contributed by atoms with Crippen LogP contribution in [0, 0.1) is 0 Å². The van der Waals surface area contributed by atoms with Gasteiger partial charge in [-0.05, 0) is 30.3 Å². The molecule has 2 N–H and O–H groups in total. The van der Waals surface area contributed by atoms with Crippen LogP contribution in [0.2, 0.25) is 0 Å². The van der Waals surface area contributed by atoms with Crippen molar-refractivity contribution in [3.63, 3.8) is 0 Å². The van der Waals surface area contributed by atoms with Crippen molar-refractivity contribution in [2.45, 2.75) is 4.90 Å². The molecular formula is C17H18N4O3S. The fourth-order valence-corrected chi connectivity index (χ4v) is 4.60. The Kier molecular flexibility index (Phi) is 3.85. The molecular weight excluding hydrogens is 340 g/mol. The molecule has 2 heterocycles. The molecule has 25 heavy (non-hydrogen) atoms. The number of hydrogen-bond donors (Lipinski definition) is 2. The minimum Gasteiger partial charge on any atom is -0.369 e. The van der Waals surface area contributed by atoms with Gasteiger partial charge in [-0.25, -0.2) is 13.2 Å². The Balaban J connectivity index is 1.55. The Morgan fingerprint density at radius 3 is 2.24 bits per heavy atom. The van der Waals surface area contributed by atoms with Crippen LogP contribution < -0.4 is 10.6 Å². The van der Waals surface area contributed by atoms with Gasteiger partial charge in [-0.1, -0.05) is 18.2 Å².